The minimum atomic E-state index is -4.82. The van der Waals surface area contributed by atoms with Crippen LogP contribution in [0.4, 0.5) is 13.2 Å². The molecule has 2 aliphatic rings. The molecule has 1 aromatic rings. The van der Waals surface area contributed by atoms with Crippen LogP contribution in [-0.2, 0) is 4.79 Å². The van der Waals surface area contributed by atoms with Crippen molar-refractivity contribution in [2.24, 2.45) is 0 Å². The van der Waals surface area contributed by atoms with E-state index in [1.807, 2.05) is 12.1 Å². The molecule has 0 aromatic heterocycles. The third-order valence-corrected chi connectivity index (χ3v) is 3.52. The van der Waals surface area contributed by atoms with Gasteiger partial charge in [0.05, 0.1) is 6.04 Å². The number of alkyl halides is 3. The second-order valence-electron chi connectivity index (χ2n) is 4.54. The molecule has 1 heterocycles. The molecule has 1 amide bonds. The lowest BCUT2D eigenvalue weighted by Gasteiger charge is -2.29. The molecular weight excluding hydrogens is 243 g/mol. The van der Waals surface area contributed by atoms with Crippen molar-refractivity contribution in [2.45, 2.75) is 24.6 Å². The zero-order valence-electron chi connectivity index (χ0n) is 9.32. The van der Waals surface area contributed by atoms with Crippen molar-refractivity contribution in [1.29, 1.82) is 0 Å². The van der Waals surface area contributed by atoms with E-state index in [4.69, 9.17) is 0 Å². The molecule has 2 atom stereocenters. The van der Waals surface area contributed by atoms with Crippen molar-refractivity contribution < 1.29 is 18.0 Å². The minimum Gasteiger partial charge on any atom is -0.304 e. The standard InChI is InChI=1S/C13H10F3NO/c14-13(15,16)12(18)17-6-5-8-7-11(17)10-4-2-1-3-9(8)10/h1-6,8,11H,7H2/t8-,11+/m0/s1. The first-order chi connectivity index (χ1) is 8.48. The van der Waals surface area contributed by atoms with Crippen molar-refractivity contribution in [3.63, 3.8) is 0 Å². The van der Waals surface area contributed by atoms with Gasteiger partial charge in [-0.3, -0.25) is 4.79 Å². The molecule has 2 bridgehead atoms. The number of benzene rings is 1. The van der Waals surface area contributed by atoms with Gasteiger partial charge in [-0.15, -0.1) is 0 Å². The summed E-state index contributed by atoms with van der Waals surface area (Å²) in [6.07, 6.45) is -1.34. The number of carbonyl (C=O) groups is 1. The van der Waals surface area contributed by atoms with Gasteiger partial charge in [0, 0.05) is 12.1 Å². The number of rotatable bonds is 0. The summed E-state index contributed by atoms with van der Waals surface area (Å²) < 4.78 is 37.5. The van der Waals surface area contributed by atoms with Crippen molar-refractivity contribution in [3.8, 4) is 0 Å². The van der Waals surface area contributed by atoms with Crippen LogP contribution in [0.1, 0.15) is 29.5 Å². The molecule has 1 aromatic carbocycles. The van der Waals surface area contributed by atoms with E-state index in [1.165, 1.54) is 6.20 Å². The van der Waals surface area contributed by atoms with Crippen LogP contribution in [0.3, 0.4) is 0 Å². The minimum absolute atomic E-state index is 0.128. The number of amides is 1. The van der Waals surface area contributed by atoms with Crippen LogP contribution in [0.25, 0.3) is 0 Å². The quantitative estimate of drug-likeness (QED) is 0.695. The smallest absolute Gasteiger partial charge is 0.304 e. The van der Waals surface area contributed by atoms with Crippen molar-refractivity contribution in [2.75, 3.05) is 0 Å². The van der Waals surface area contributed by atoms with Gasteiger partial charge in [0.15, 0.2) is 0 Å². The normalized spacial score (nSPS) is 25.2. The summed E-state index contributed by atoms with van der Waals surface area (Å²) >= 11 is 0. The van der Waals surface area contributed by atoms with Gasteiger partial charge in [-0.2, -0.15) is 13.2 Å². The fourth-order valence-corrected chi connectivity index (χ4v) is 2.75. The Morgan fingerprint density at radius 1 is 1.22 bits per heavy atom. The second kappa shape index (κ2) is 3.60. The van der Waals surface area contributed by atoms with Gasteiger partial charge >= 0.3 is 12.1 Å². The summed E-state index contributed by atoms with van der Waals surface area (Å²) in [5.41, 5.74) is 1.85. The first-order valence-electron chi connectivity index (χ1n) is 5.65. The van der Waals surface area contributed by atoms with Gasteiger partial charge in [-0.25, -0.2) is 0 Å². The van der Waals surface area contributed by atoms with E-state index in [0.29, 0.717) is 6.42 Å². The maximum Gasteiger partial charge on any atom is 0.471 e. The number of hydrogen-bond acceptors (Lipinski definition) is 1. The van der Waals surface area contributed by atoms with E-state index in [0.717, 1.165) is 16.0 Å². The first kappa shape index (κ1) is 11.3. The Morgan fingerprint density at radius 3 is 2.56 bits per heavy atom. The number of halogens is 3. The molecule has 5 heteroatoms. The average Bonchev–Trinajstić information content (AvgIpc) is 2.63. The number of fused-ring (bicyclic) bond motifs is 5. The molecule has 0 saturated heterocycles. The predicted octanol–water partition coefficient (Wildman–Crippen LogP) is 3.13. The van der Waals surface area contributed by atoms with Crippen LogP contribution in [0, 0.1) is 0 Å². The molecule has 0 saturated carbocycles. The lowest BCUT2D eigenvalue weighted by molar-refractivity contribution is -0.185. The van der Waals surface area contributed by atoms with Gasteiger partial charge in [0.25, 0.3) is 0 Å². The Bertz CT molecular complexity index is 535. The van der Waals surface area contributed by atoms with Crippen LogP contribution >= 0.6 is 0 Å². The summed E-state index contributed by atoms with van der Waals surface area (Å²) in [4.78, 5) is 12.2. The summed E-state index contributed by atoms with van der Waals surface area (Å²) in [5, 5.41) is 0. The molecule has 0 spiro atoms. The molecule has 1 aliphatic carbocycles. The zero-order chi connectivity index (χ0) is 12.9. The van der Waals surface area contributed by atoms with Crippen molar-refractivity contribution in [1.82, 2.24) is 4.90 Å². The summed E-state index contributed by atoms with van der Waals surface area (Å²) in [6.45, 7) is 0. The van der Waals surface area contributed by atoms with Gasteiger partial charge in [0.2, 0.25) is 0 Å². The maximum absolute atomic E-state index is 12.5. The zero-order valence-corrected chi connectivity index (χ0v) is 9.32. The monoisotopic (exact) mass is 253 g/mol. The Balaban J connectivity index is 2.01. The topological polar surface area (TPSA) is 20.3 Å². The van der Waals surface area contributed by atoms with Gasteiger partial charge in [0.1, 0.15) is 0 Å². The van der Waals surface area contributed by atoms with Crippen LogP contribution < -0.4 is 0 Å². The largest absolute Gasteiger partial charge is 0.471 e. The number of hydrogen-bond donors (Lipinski definition) is 0. The maximum atomic E-state index is 12.5. The molecule has 94 valence electrons. The van der Waals surface area contributed by atoms with E-state index in [9.17, 15) is 18.0 Å². The molecule has 3 rings (SSSR count). The molecule has 18 heavy (non-hydrogen) atoms. The lowest BCUT2D eigenvalue weighted by atomic mass is 10.0. The number of nitrogens with zero attached hydrogens (tertiary/aromatic N) is 1. The lowest BCUT2D eigenvalue weighted by Crippen LogP contribution is -2.40. The highest BCUT2D eigenvalue weighted by Crippen LogP contribution is 2.48. The van der Waals surface area contributed by atoms with E-state index < -0.39 is 18.1 Å². The summed E-state index contributed by atoms with van der Waals surface area (Å²) in [5.74, 6) is -1.66. The molecule has 0 unspecified atom stereocenters. The van der Waals surface area contributed by atoms with Gasteiger partial charge in [-0.1, -0.05) is 30.3 Å². The molecule has 0 N–H and O–H groups in total. The van der Waals surface area contributed by atoms with Crippen molar-refractivity contribution >= 4 is 5.91 Å². The van der Waals surface area contributed by atoms with Crippen LogP contribution in [0.15, 0.2) is 36.5 Å². The predicted molar refractivity (Wildman–Crippen MR) is 58.6 cm³/mol. The highest BCUT2D eigenvalue weighted by atomic mass is 19.4. The average molecular weight is 253 g/mol. The Hall–Kier alpha value is -1.78. The molecule has 2 nitrogen and oxygen atoms in total. The SMILES string of the molecule is O=C(N1C=C[C@H]2C[C@@H]1c1ccccc12)C(F)(F)F. The van der Waals surface area contributed by atoms with Gasteiger partial charge < -0.3 is 4.90 Å². The van der Waals surface area contributed by atoms with E-state index in [-0.39, 0.29) is 5.92 Å². The second-order valence-corrected chi connectivity index (χ2v) is 4.54. The fraction of sp³-hybridized carbons (Fsp3) is 0.308. The van der Waals surface area contributed by atoms with Gasteiger partial charge in [-0.05, 0) is 17.5 Å². The Kier molecular flexibility index (Phi) is 2.27. The molecule has 0 fully saturated rings. The highest BCUT2D eigenvalue weighted by Gasteiger charge is 2.47. The third-order valence-electron chi connectivity index (χ3n) is 3.52. The third kappa shape index (κ3) is 1.54. The van der Waals surface area contributed by atoms with Crippen LogP contribution in [0.5, 0.6) is 0 Å². The summed E-state index contributed by atoms with van der Waals surface area (Å²) in [6, 6.07) is 6.87. The first-order valence-corrected chi connectivity index (χ1v) is 5.65. The van der Waals surface area contributed by atoms with E-state index in [2.05, 4.69) is 0 Å². The molecular formula is C13H10F3NO. The molecule has 1 aliphatic heterocycles. The molecule has 0 radical (unpaired) electrons. The van der Waals surface area contributed by atoms with E-state index >= 15 is 0 Å². The number of carbonyl (C=O) groups excluding carboxylic acids is 1. The fourth-order valence-electron chi connectivity index (χ4n) is 2.75. The van der Waals surface area contributed by atoms with Crippen LogP contribution in [-0.4, -0.2) is 17.0 Å². The van der Waals surface area contributed by atoms with E-state index in [1.54, 1.807) is 18.2 Å². The Labute approximate surface area is 102 Å². The number of allylic oxidation sites excluding steroid dienone is 1. The highest BCUT2D eigenvalue weighted by molar-refractivity contribution is 5.83. The van der Waals surface area contributed by atoms with Crippen molar-refractivity contribution in [3.05, 3.63) is 47.7 Å². The Morgan fingerprint density at radius 2 is 1.89 bits per heavy atom. The van der Waals surface area contributed by atoms with Crippen LogP contribution in [0.2, 0.25) is 0 Å². The summed E-state index contributed by atoms with van der Waals surface area (Å²) in [7, 11) is 0.